The summed E-state index contributed by atoms with van der Waals surface area (Å²) in [7, 11) is 2.11. The summed E-state index contributed by atoms with van der Waals surface area (Å²) >= 11 is 3.68. The Morgan fingerprint density at radius 3 is 2.62 bits per heavy atom. The van der Waals surface area contributed by atoms with Crippen molar-refractivity contribution in [2.75, 3.05) is 18.5 Å². The van der Waals surface area contributed by atoms with Gasteiger partial charge < -0.3 is 10.2 Å². The van der Waals surface area contributed by atoms with Crippen molar-refractivity contribution >= 4 is 21.6 Å². The Labute approximate surface area is 135 Å². The standard InChI is InChI=1S/C17H22BrN3/c1-3-8-20-12-15-4-5-16(11-17(15)18)21(2)13-14-6-9-19-10-7-14/h4-7,9-11,20H,3,8,12-13H2,1-2H3. The first-order valence-corrected chi connectivity index (χ1v) is 8.09. The summed E-state index contributed by atoms with van der Waals surface area (Å²) in [6, 6.07) is 10.6. The van der Waals surface area contributed by atoms with Crippen molar-refractivity contribution in [2.45, 2.75) is 26.4 Å². The molecule has 0 radical (unpaired) electrons. The van der Waals surface area contributed by atoms with Crippen LogP contribution in [-0.2, 0) is 13.1 Å². The largest absolute Gasteiger partial charge is 0.370 e. The van der Waals surface area contributed by atoms with E-state index >= 15 is 0 Å². The lowest BCUT2D eigenvalue weighted by atomic mass is 10.2. The second-order valence-corrected chi connectivity index (χ2v) is 6.02. The summed E-state index contributed by atoms with van der Waals surface area (Å²) in [5.41, 5.74) is 3.76. The van der Waals surface area contributed by atoms with E-state index in [1.807, 2.05) is 12.4 Å². The lowest BCUT2D eigenvalue weighted by Crippen LogP contribution is -2.17. The first-order valence-electron chi connectivity index (χ1n) is 7.30. The summed E-state index contributed by atoms with van der Waals surface area (Å²) in [4.78, 5) is 6.29. The number of hydrogen-bond donors (Lipinski definition) is 1. The molecule has 3 nitrogen and oxygen atoms in total. The predicted molar refractivity (Wildman–Crippen MR) is 92.5 cm³/mol. The second kappa shape index (κ2) is 8.15. The van der Waals surface area contributed by atoms with Crippen LogP contribution in [0.15, 0.2) is 47.2 Å². The van der Waals surface area contributed by atoms with Crippen molar-refractivity contribution in [1.29, 1.82) is 0 Å². The van der Waals surface area contributed by atoms with Gasteiger partial charge in [-0.25, -0.2) is 0 Å². The first-order chi connectivity index (χ1) is 10.2. The van der Waals surface area contributed by atoms with Crippen molar-refractivity contribution in [3.63, 3.8) is 0 Å². The molecule has 112 valence electrons. The Morgan fingerprint density at radius 2 is 1.95 bits per heavy atom. The van der Waals surface area contributed by atoms with Gasteiger partial charge in [0.05, 0.1) is 0 Å². The Bertz CT molecular complexity index is 557. The third kappa shape index (κ3) is 4.83. The van der Waals surface area contributed by atoms with Gasteiger partial charge in [-0.15, -0.1) is 0 Å². The van der Waals surface area contributed by atoms with E-state index in [2.05, 4.69) is 75.4 Å². The molecule has 0 aliphatic heterocycles. The third-order valence-electron chi connectivity index (χ3n) is 3.39. The van der Waals surface area contributed by atoms with Gasteiger partial charge >= 0.3 is 0 Å². The predicted octanol–water partition coefficient (Wildman–Crippen LogP) is 3.98. The van der Waals surface area contributed by atoms with Crippen LogP contribution in [0.25, 0.3) is 0 Å². The van der Waals surface area contributed by atoms with Gasteiger partial charge in [0, 0.05) is 42.7 Å². The van der Waals surface area contributed by atoms with Gasteiger partial charge in [-0.3, -0.25) is 4.98 Å². The van der Waals surface area contributed by atoms with E-state index in [1.54, 1.807) is 0 Å². The van der Waals surface area contributed by atoms with E-state index in [0.717, 1.165) is 30.5 Å². The van der Waals surface area contributed by atoms with E-state index in [4.69, 9.17) is 0 Å². The topological polar surface area (TPSA) is 28.2 Å². The molecule has 0 spiro atoms. The summed E-state index contributed by atoms with van der Waals surface area (Å²) in [6.07, 6.45) is 4.83. The van der Waals surface area contributed by atoms with Crippen LogP contribution < -0.4 is 10.2 Å². The fourth-order valence-electron chi connectivity index (χ4n) is 2.17. The summed E-state index contributed by atoms with van der Waals surface area (Å²) < 4.78 is 1.16. The molecule has 0 unspecified atom stereocenters. The van der Waals surface area contributed by atoms with Crippen LogP contribution in [0.3, 0.4) is 0 Å². The molecular weight excluding hydrogens is 326 g/mol. The zero-order chi connectivity index (χ0) is 15.1. The monoisotopic (exact) mass is 347 g/mol. The molecule has 0 fully saturated rings. The van der Waals surface area contributed by atoms with E-state index in [9.17, 15) is 0 Å². The quantitative estimate of drug-likeness (QED) is 0.767. The molecule has 21 heavy (non-hydrogen) atoms. The molecule has 0 amide bonds. The lowest BCUT2D eigenvalue weighted by Gasteiger charge is -2.20. The van der Waals surface area contributed by atoms with E-state index in [0.29, 0.717) is 0 Å². The van der Waals surface area contributed by atoms with E-state index in [-0.39, 0.29) is 0 Å². The normalized spacial score (nSPS) is 10.6. The fourth-order valence-corrected chi connectivity index (χ4v) is 2.68. The number of anilines is 1. The minimum atomic E-state index is 0.877. The molecule has 2 rings (SSSR count). The molecule has 0 bridgehead atoms. The summed E-state index contributed by atoms with van der Waals surface area (Å²) in [6.45, 7) is 5.01. The van der Waals surface area contributed by atoms with Crippen LogP contribution in [0.4, 0.5) is 5.69 Å². The summed E-state index contributed by atoms with van der Waals surface area (Å²) in [5.74, 6) is 0. The number of pyridine rings is 1. The smallest absolute Gasteiger partial charge is 0.0427 e. The SMILES string of the molecule is CCCNCc1ccc(N(C)Cc2ccncc2)cc1Br. The first kappa shape index (κ1) is 16.0. The van der Waals surface area contributed by atoms with Crippen molar-refractivity contribution in [1.82, 2.24) is 10.3 Å². The highest BCUT2D eigenvalue weighted by Crippen LogP contribution is 2.24. The van der Waals surface area contributed by atoms with E-state index in [1.165, 1.54) is 16.8 Å². The molecule has 2 aromatic rings. The molecule has 0 saturated carbocycles. The number of halogens is 1. The zero-order valence-electron chi connectivity index (χ0n) is 12.6. The molecule has 4 heteroatoms. The van der Waals surface area contributed by atoms with Gasteiger partial charge in [-0.2, -0.15) is 0 Å². The van der Waals surface area contributed by atoms with Crippen LogP contribution >= 0.6 is 15.9 Å². The van der Waals surface area contributed by atoms with Crippen molar-refractivity contribution < 1.29 is 0 Å². The number of hydrogen-bond acceptors (Lipinski definition) is 3. The molecule has 0 aliphatic carbocycles. The van der Waals surface area contributed by atoms with Gasteiger partial charge in [0.1, 0.15) is 0 Å². The summed E-state index contributed by atoms with van der Waals surface area (Å²) in [5, 5.41) is 3.43. The van der Waals surface area contributed by atoms with Gasteiger partial charge in [0.2, 0.25) is 0 Å². The van der Waals surface area contributed by atoms with Gasteiger partial charge in [-0.1, -0.05) is 28.9 Å². The van der Waals surface area contributed by atoms with Crippen LogP contribution in [0.2, 0.25) is 0 Å². The number of benzene rings is 1. The molecule has 0 aliphatic rings. The highest BCUT2D eigenvalue weighted by Gasteiger charge is 2.06. The van der Waals surface area contributed by atoms with Crippen molar-refractivity contribution in [3.8, 4) is 0 Å². The van der Waals surface area contributed by atoms with Crippen LogP contribution in [-0.4, -0.2) is 18.6 Å². The average Bonchev–Trinajstić information content (AvgIpc) is 2.50. The third-order valence-corrected chi connectivity index (χ3v) is 4.13. The van der Waals surface area contributed by atoms with Gasteiger partial charge in [0.25, 0.3) is 0 Å². The number of nitrogens with zero attached hydrogens (tertiary/aromatic N) is 2. The molecule has 1 aromatic heterocycles. The van der Waals surface area contributed by atoms with Gasteiger partial charge in [0.15, 0.2) is 0 Å². The zero-order valence-corrected chi connectivity index (χ0v) is 14.2. The Balaban J connectivity index is 2.01. The maximum atomic E-state index is 4.05. The molecule has 0 saturated heterocycles. The minimum Gasteiger partial charge on any atom is -0.370 e. The Morgan fingerprint density at radius 1 is 1.19 bits per heavy atom. The van der Waals surface area contributed by atoms with Crippen LogP contribution in [0.1, 0.15) is 24.5 Å². The minimum absolute atomic E-state index is 0.877. The fraction of sp³-hybridized carbons (Fsp3) is 0.353. The lowest BCUT2D eigenvalue weighted by molar-refractivity contribution is 0.674. The second-order valence-electron chi connectivity index (χ2n) is 5.16. The number of rotatable bonds is 7. The molecule has 1 aromatic carbocycles. The Kier molecular flexibility index (Phi) is 6.21. The van der Waals surface area contributed by atoms with Crippen molar-refractivity contribution in [2.24, 2.45) is 0 Å². The van der Waals surface area contributed by atoms with Crippen molar-refractivity contribution in [3.05, 3.63) is 58.3 Å². The molecule has 0 atom stereocenters. The van der Waals surface area contributed by atoms with Crippen LogP contribution in [0, 0.1) is 0 Å². The maximum Gasteiger partial charge on any atom is 0.0427 e. The number of nitrogens with one attached hydrogen (secondary N) is 1. The van der Waals surface area contributed by atoms with Crippen LogP contribution in [0.5, 0.6) is 0 Å². The highest BCUT2D eigenvalue weighted by atomic mass is 79.9. The molecule has 1 heterocycles. The highest BCUT2D eigenvalue weighted by molar-refractivity contribution is 9.10. The van der Waals surface area contributed by atoms with Gasteiger partial charge in [-0.05, 0) is 48.4 Å². The van der Waals surface area contributed by atoms with E-state index < -0.39 is 0 Å². The maximum absolute atomic E-state index is 4.05. The molecule has 1 N–H and O–H groups in total. The number of aromatic nitrogens is 1. The average molecular weight is 348 g/mol. The molecular formula is C17H22BrN3. The Hall–Kier alpha value is -1.39.